The molecule has 8 heteroatoms. The molecule has 0 bridgehead atoms. The van der Waals surface area contributed by atoms with Crippen LogP contribution in [0.15, 0.2) is 48.5 Å². The Balaban J connectivity index is 1.69. The number of anilines is 1. The zero-order valence-electron chi connectivity index (χ0n) is 20.9. The lowest BCUT2D eigenvalue weighted by molar-refractivity contribution is -0.154. The van der Waals surface area contributed by atoms with Crippen LogP contribution >= 0.6 is 0 Å². The molecule has 35 heavy (non-hydrogen) atoms. The second kappa shape index (κ2) is 10.0. The Hall–Kier alpha value is -2.87. The van der Waals surface area contributed by atoms with Crippen LogP contribution in [0.3, 0.4) is 0 Å². The molecule has 4 rings (SSSR count). The summed E-state index contributed by atoms with van der Waals surface area (Å²) in [7, 11) is -1.98. The molecule has 1 N–H and O–H groups in total. The molecular weight excluding hydrogens is 462 g/mol. The van der Waals surface area contributed by atoms with Gasteiger partial charge in [0.15, 0.2) is 0 Å². The largest absolute Gasteiger partial charge is 0.342 e. The minimum absolute atomic E-state index is 0.00272. The molecule has 0 unspecified atom stereocenters. The molecule has 0 radical (unpaired) electrons. The van der Waals surface area contributed by atoms with Crippen LogP contribution in [0, 0.1) is 11.8 Å². The number of carbonyl (C=O) groups excluding carboxylic acids is 2. The quantitative estimate of drug-likeness (QED) is 0.607. The van der Waals surface area contributed by atoms with Gasteiger partial charge in [-0.2, -0.15) is 0 Å². The molecule has 1 saturated heterocycles. The van der Waals surface area contributed by atoms with Crippen molar-refractivity contribution in [3.8, 4) is 0 Å². The lowest BCUT2D eigenvalue weighted by atomic mass is 9.86. The van der Waals surface area contributed by atoms with Gasteiger partial charge < -0.3 is 10.2 Å². The Morgan fingerprint density at radius 1 is 1.00 bits per heavy atom. The summed E-state index contributed by atoms with van der Waals surface area (Å²) < 4.78 is 25.8. The van der Waals surface area contributed by atoms with E-state index in [-0.39, 0.29) is 30.2 Å². The molecule has 1 aliphatic heterocycles. The number of para-hydroxylation sites is 1. The molecule has 2 aliphatic rings. The maximum atomic E-state index is 14.0. The van der Waals surface area contributed by atoms with Gasteiger partial charge in [0, 0.05) is 13.6 Å². The third kappa shape index (κ3) is 4.94. The molecule has 2 aromatic carbocycles. The van der Waals surface area contributed by atoms with E-state index < -0.39 is 22.1 Å². The standard InChI is InChI=1S/C27H35N3O4S/c1-5-18(6-2)25-26(31)28-24(22-15-19-11-7-8-12-20(19)16-22)27(32)30(25)17-21-13-9-10-14-23(21)29(3)35(4,33)34/h7-14,18,22,24-25H,5-6,15-17H2,1-4H3,(H,28,31)/t24-,25-/m1/s1. The van der Waals surface area contributed by atoms with Gasteiger partial charge in [-0.15, -0.1) is 0 Å². The number of benzene rings is 2. The predicted octanol–water partition coefficient (Wildman–Crippen LogP) is 3.13. The molecule has 1 heterocycles. The second-order valence-electron chi connectivity index (χ2n) is 9.77. The van der Waals surface area contributed by atoms with Crippen LogP contribution in [0.4, 0.5) is 5.69 Å². The summed E-state index contributed by atoms with van der Waals surface area (Å²) in [6.07, 6.45) is 4.20. The second-order valence-corrected chi connectivity index (χ2v) is 11.8. The van der Waals surface area contributed by atoms with Crippen molar-refractivity contribution >= 4 is 27.5 Å². The number of fused-ring (bicyclic) bond motifs is 1. The van der Waals surface area contributed by atoms with Crippen molar-refractivity contribution in [2.45, 2.75) is 58.2 Å². The van der Waals surface area contributed by atoms with Gasteiger partial charge in [-0.25, -0.2) is 8.42 Å². The van der Waals surface area contributed by atoms with Crippen LogP contribution in [-0.4, -0.2) is 50.5 Å². The van der Waals surface area contributed by atoms with E-state index in [1.54, 1.807) is 17.0 Å². The van der Waals surface area contributed by atoms with E-state index in [2.05, 4.69) is 17.4 Å². The number of nitrogens with one attached hydrogen (secondary N) is 1. The van der Waals surface area contributed by atoms with Crippen molar-refractivity contribution in [2.75, 3.05) is 17.6 Å². The maximum absolute atomic E-state index is 14.0. The minimum atomic E-state index is -3.49. The van der Waals surface area contributed by atoms with Crippen LogP contribution in [0.1, 0.15) is 43.4 Å². The Morgan fingerprint density at radius 3 is 2.14 bits per heavy atom. The van der Waals surface area contributed by atoms with Gasteiger partial charge in [0.05, 0.1) is 11.9 Å². The van der Waals surface area contributed by atoms with Gasteiger partial charge in [-0.1, -0.05) is 69.2 Å². The number of sulfonamides is 1. The Kier molecular flexibility index (Phi) is 7.22. The van der Waals surface area contributed by atoms with Crippen molar-refractivity contribution in [1.29, 1.82) is 0 Å². The van der Waals surface area contributed by atoms with E-state index in [4.69, 9.17) is 0 Å². The summed E-state index contributed by atoms with van der Waals surface area (Å²) in [4.78, 5) is 29.2. The summed E-state index contributed by atoms with van der Waals surface area (Å²) in [5.41, 5.74) is 3.68. The highest BCUT2D eigenvalue weighted by Crippen LogP contribution is 2.34. The zero-order chi connectivity index (χ0) is 25.3. The lowest BCUT2D eigenvalue weighted by Crippen LogP contribution is -2.66. The van der Waals surface area contributed by atoms with Gasteiger partial charge >= 0.3 is 0 Å². The van der Waals surface area contributed by atoms with Gasteiger partial charge in [-0.3, -0.25) is 13.9 Å². The highest BCUT2D eigenvalue weighted by Gasteiger charge is 2.47. The van der Waals surface area contributed by atoms with E-state index in [0.29, 0.717) is 11.3 Å². The molecule has 7 nitrogen and oxygen atoms in total. The van der Waals surface area contributed by atoms with E-state index in [9.17, 15) is 18.0 Å². The van der Waals surface area contributed by atoms with Crippen LogP contribution in [0.5, 0.6) is 0 Å². The first-order chi connectivity index (χ1) is 16.7. The average molecular weight is 498 g/mol. The summed E-state index contributed by atoms with van der Waals surface area (Å²) >= 11 is 0. The van der Waals surface area contributed by atoms with Gasteiger partial charge in [0.1, 0.15) is 12.1 Å². The molecule has 2 amide bonds. The fourth-order valence-corrected chi connectivity index (χ4v) is 6.14. The number of carbonyl (C=O) groups is 2. The Labute approximate surface area is 208 Å². The lowest BCUT2D eigenvalue weighted by Gasteiger charge is -2.44. The molecule has 0 spiro atoms. The summed E-state index contributed by atoms with van der Waals surface area (Å²) in [6.45, 7) is 4.25. The van der Waals surface area contributed by atoms with Crippen LogP contribution < -0.4 is 9.62 Å². The first kappa shape index (κ1) is 25.2. The first-order valence-corrected chi connectivity index (χ1v) is 14.2. The van der Waals surface area contributed by atoms with Gasteiger partial charge in [0.25, 0.3) is 0 Å². The van der Waals surface area contributed by atoms with Crippen molar-refractivity contribution in [2.24, 2.45) is 11.8 Å². The molecule has 188 valence electrons. The molecule has 1 aliphatic carbocycles. The zero-order valence-corrected chi connectivity index (χ0v) is 21.7. The van der Waals surface area contributed by atoms with Gasteiger partial charge in [-0.05, 0) is 47.4 Å². The number of hydrogen-bond donors (Lipinski definition) is 1. The monoisotopic (exact) mass is 497 g/mol. The predicted molar refractivity (Wildman–Crippen MR) is 137 cm³/mol. The molecule has 0 aromatic heterocycles. The van der Waals surface area contributed by atoms with Crippen LogP contribution in [0.2, 0.25) is 0 Å². The average Bonchev–Trinajstić information content (AvgIpc) is 3.27. The highest BCUT2D eigenvalue weighted by atomic mass is 32.2. The SMILES string of the molecule is CCC(CC)[C@@H]1C(=O)N[C@H](C2Cc3ccccc3C2)C(=O)N1Cc1ccccc1N(C)S(C)(=O)=O. The van der Waals surface area contributed by atoms with E-state index in [1.165, 1.54) is 22.5 Å². The van der Waals surface area contributed by atoms with Crippen molar-refractivity contribution in [3.05, 3.63) is 65.2 Å². The topological polar surface area (TPSA) is 86.8 Å². The number of amides is 2. The number of rotatable bonds is 8. The normalized spacial score (nSPS) is 20.8. The molecule has 2 atom stereocenters. The molecule has 0 saturated carbocycles. The van der Waals surface area contributed by atoms with Crippen molar-refractivity contribution in [1.82, 2.24) is 10.2 Å². The molecule has 2 aromatic rings. The smallest absolute Gasteiger partial charge is 0.246 e. The number of hydrogen-bond acceptors (Lipinski definition) is 4. The van der Waals surface area contributed by atoms with Crippen LogP contribution in [-0.2, 0) is 39.0 Å². The maximum Gasteiger partial charge on any atom is 0.246 e. The number of nitrogens with zero attached hydrogens (tertiary/aromatic N) is 2. The number of piperazine rings is 1. The summed E-state index contributed by atoms with van der Waals surface area (Å²) in [5.74, 6) is -0.187. The fraction of sp³-hybridized carbons (Fsp3) is 0.481. The van der Waals surface area contributed by atoms with E-state index >= 15 is 0 Å². The van der Waals surface area contributed by atoms with Gasteiger partial charge in [0.2, 0.25) is 21.8 Å². The third-order valence-corrected chi connectivity index (χ3v) is 8.86. The van der Waals surface area contributed by atoms with Crippen LogP contribution in [0.25, 0.3) is 0 Å². The molecular formula is C27H35N3O4S. The van der Waals surface area contributed by atoms with E-state index in [0.717, 1.165) is 31.9 Å². The first-order valence-electron chi connectivity index (χ1n) is 12.3. The van der Waals surface area contributed by atoms with Crippen molar-refractivity contribution in [3.63, 3.8) is 0 Å². The third-order valence-electron chi connectivity index (χ3n) is 7.67. The fourth-order valence-electron chi connectivity index (χ4n) is 5.60. The molecule has 1 fully saturated rings. The highest BCUT2D eigenvalue weighted by molar-refractivity contribution is 7.92. The van der Waals surface area contributed by atoms with Crippen molar-refractivity contribution < 1.29 is 18.0 Å². The summed E-state index contributed by atoms with van der Waals surface area (Å²) in [6, 6.07) is 14.2. The van der Waals surface area contributed by atoms with E-state index in [1.807, 2.05) is 38.1 Å². The Bertz CT molecular complexity index is 1180. The minimum Gasteiger partial charge on any atom is -0.342 e. The Morgan fingerprint density at radius 2 is 1.57 bits per heavy atom. The summed E-state index contributed by atoms with van der Waals surface area (Å²) in [5, 5.41) is 3.08.